The van der Waals surface area contributed by atoms with Crippen LogP contribution < -0.4 is 10.6 Å². The number of anilines is 1. The summed E-state index contributed by atoms with van der Waals surface area (Å²) in [6, 6.07) is 9.06. The fourth-order valence-corrected chi connectivity index (χ4v) is 4.50. The van der Waals surface area contributed by atoms with Crippen LogP contribution in [-0.2, 0) is 27.5 Å². The smallest absolute Gasteiger partial charge is 0.332 e. The van der Waals surface area contributed by atoms with Crippen LogP contribution in [0.4, 0.5) is 10.5 Å². The Morgan fingerprint density at radius 1 is 1.16 bits per heavy atom. The summed E-state index contributed by atoms with van der Waals surface area (Å²) < 4.78 is 0. The van der Waals surface area contributed by atoms with E-state index in [-0.39, 0.29) is 37.4 Å². The number of amides is 5. The second-order valence-electron chi connectivity index (χ2n) is 8.98. The van der Waals surface area contributed by atoms with Gasteiger partial charge >= 0.3 is 12.0 Å². The number of hydrogen-bond acceptors (Lipinski definition) is 5. The van der Waals surface area contributed by atoms with Gasteiger partial charge in [-0.05, 0) is 48.2 Å². The van der Waals surface area contributed by atoms with Crippen LogP contribution in [0.5, 0.6) is 0 Å². The number of nitrogens with zero attached hydrogens (tertiary/aromatic N) is 2. The molecule has 2 aliphatic heterocycles. The molecule has 2 aromatic rings. The lowest BCUT2D eigenvalue weighted by Crippen LogP contribution is -2.55. The number of benzene rings is 2. The molecular formula is C26H25ClN4O6. The maximum atomic E-state index is 13.1. The number of carboxylic acids is 1. The number of aryl methyl sites for hydroxylation is 1. The van der Waals surface area contributed by atoms with Gasteiger partial charge in [-0.3, -0.25) is 19.3 Å². The van der Waals surface area contributed by atoms with Crippen LogP contribution in [0.1, 0.15) is 39.9 Å². The van der Waals surface area contributed by atoms with Crippen molar-refractivity contribution in [2.24, 2.45) is 0 Å². The predicted molar refractivity (Wildman–Crippen MR) is 135 cm³/mol. The number of imide groups is 1. The molecule has 0 spiro atoms. The van der Waals surface area contributed by atoms with Crippen LogP contribution >= 0.6 is 11.6 Å². The van der Waals surface area contributed by atoms with Gasteiger partial charge in [-0.25, -0.2) is 9.59 Å². The van der Waals surface area contributed by atoms with Gasteiger partial charge in [0.1, 0.15) is 6.04 Å². The van der Waals surface area contributed by atoms with Crippen molar-refractivity contribution in [2.45, 2.75) is 38.9 Å². The van der Waals surface area contributed by atoms with Crippen LogP contribution in [0, 0.1) is 6.92 Å². The fourth-order valence-electron chi connectivity index (χ4n) is 4.32. The number of carboxylic acid groups (broad SMARTS) is 1. The summed E-state index contributed by atoms with van der Waals surface area (Å²) in [6.07, 6.45) is 0.172. The largest absolute Gasteiger partial charge is 0.478 e. The molecule has 1 unspecified atom stereocenters. The van der Waals surface area contributed by atoms with Crippen LogP contribution in [-0.4, -0.2) is 57.2 Å². The third kappa shape index (κ3) is 5.49. The molecule has 192 valence electrons. The lowest BCUT2D eigenvalue weighted by atomic mass is 10.0. The molecule has 1 fully saturated rings. The number of nitrogens with one attached hydrogen (secondary N) is 2. The molecule has 2 aromatic carbocycles. The molecular weight excluding hydrogens is 500 g/mol. The van der Waals surface area contributed by atoms with Crippen LogP contribution in [0.15, 0.2) is 48.6 Å². The number of rotatable bonds is 7. The van der Waals surface area contributed by atoms with E-state index in [0.717, 1.165) is 16.0 Å². The highest BCUT2D eigenvalue weighted by molar-refractivity contribution is 6.31. The van der Waals surface area contributed by atoms with E-state index in [4.69, 9.17) is 16.7 Å². The SMILES string of the molecule is C=C(CN1C(=O)CCC(N2Cc3cc(CNC(=O)Nc4ccc(C)c(Cl)c4)ccc3C2=O)C1=O)C(=O)O. The lowest BCUT2D eigenvalue weighted by molar-refractivity contribution is -0.151. The Labute approximate surface area is 217 Å². The lowest BCUT2D eigenvalue weighted by Gasteiger charge is -2.35. The number of aliphatic carboxylic acids is 1. The topological polar surface area (TPSA) is 136 Å². The number of urea groups is 1. The van der Waals surface area contributed by atoms with Crippen molar-refractivity contribution in [1.29, 1.82) is 0 Å². The summed E-state index contributed by atoms with van der Waals surface area (Å²) in [6.45, 7) is 5.19. The quantitative estimate of drug-likeness (QED) is 0.376. The summed E-state index contributed by atoms with van der Waals surface area (Å²) in [5.74, 6) is -2.75. The molecule has 37 heavy (non-hydrogen) atoms. The van der Waals surface area contributed by atoms with E-state index in [1.807, 2.05) is 6.92 Å². The number of carbonyl (C=O) groups excluding carboxylic acids is 4. The van der Waals surface area contributed by atoms with Gasteiger partial charge in [-0.15, -0.1) is 0 Å². The maximum Gasteiger partial charge on any atom is 0.332 e. The zero-order chi connectivity index (χ0) is 26.9. The summed E-state index contributed by atoms with van der Waals surface area (Å²) >= 11 is 6.09. The summed E-state index contributed by atoms with van der Waals surface area (Å²) in [7, 11) is 0. The third-order valence-corrected chi connectivity index (χ3v) is 6.80. The van der Waals surface area contributed by atoms with Gasteiger partial charge in [0.25, 0.3) is 11.8 Å². The molecule has 2 aliphatic rings. The molecule has 0 saturated carbocycles. The molecule has 0 bridgehead atoms. The van der Waals surface area contributed by atoms with Crippen molar-refractivity contribution in [3.63, 3.8) is 0 Å². The Morgan fingerprint density at radius 2 is 1.92 bits per heavy atom. The van der Waals surface area contributed by atoms with E-state index in [1.165, 1.54) is 4.90 Å². The van der Waals surface area contributed by atoms with E-state index in [2.05, 4.69) is 17.2 Å². The highest BCUT2D eigenvalue weighted by atomic mass is 35.5. The Hall–Kier alpha value is -4.18. The summed E-state index contributed by atoms with van der Waals surface area (Å²) in [4.78, 5) is 64.0. The third-order valence-electron chi connectivity index (χ3n) is 6.40. The van der Waals surface area contributed by atoms with Crippen LogP contribution in [0.3, 0.4) is 0 Å². The number of piperidine rings is 1. The van der Waals surface area contributed by atoms with E-state index in [0.29, 0.717) is 21.8 Å². The monoisotopic (exact) mass is 524 g/mol. The van der Waals surface area contributed by atoms with Gasteiger partial charge in [0.15, 0.2) is 0 Å². The fraction of sp³-hybridized carbons (Fsp3) is 0.269. The van der Waals surface area contributed by atoms with Crippen LogP contribution in [0.25, 0.3) is 0 Å². The highest BCUT2D eigenvalue weighted by Gasteiger charge is 2.43. The minimum atomic E-state index is -1.30. The van der Waals surface area contributed by atoms with Crippen molar-refractivity contribution in [3.8, 4) is 0 Å². The molecule has 1 atom stereocenters. The van der Waals surface area contributed by atoms with E-state index in [1.54, 1.807) is 36.4 Å². The predicted octanol–water partition coefficient (Wildman–Crippen LogP) is 3.08. The number of carbonyl (C=O) groups is 5. The van der Waals surface area contributed by atoms with Gasteiger partial charge in [0.2, 0.25) is 5.91 Å². The van der Waals surface area contributed by atoms with E-state index >= 15 is 0 Å². The van der Waals surface area contributed by atoms with Crippen molar-refractivity contribution in [1.82, 2.24) is 15.1 Å². The zero-order valence-corrected chi connectivity index (χ0v) is 20.8. The first-order valence-electron chi connectivity index (χ1n) is 11.5. The Bertz CT molecular complexity index is 1340. The molecule has 1 saturated heterocycles. The number of fused-ring (bicyclic) bond motifs is 1. The van der Waals surface area contributed by atoms with Gasteiger partial charge in [0, 0.05) is 41.4 Å². The number of hydrogen-bond donors (Lipinski definition) is 3. The number of halogens is 1. The van der Waals surface area contributed by atoms with Gasteiger partial charge in [0.05, 0.1) is 6.54 Å². The van der Waals surface area contributed by atoms with Crippen molar-refractivity contribution in [3.05, 3.63) is 75.8 Å². The van der Waals surface area contributed by atoms with Crippen molar-refractivity contribution < 1.29 is 29.1 Å². The summed E-state index contributed by atoms with van der Waals surface area (Å²) in [5, 5.41) is 15.1. The molecule has 0 radical (unpaired) electrons. The minimum Gasteiger partial charge on any atom is -0.478 e. The normalized spacial score (nSPS) is 17.0. The Balaban J connectivity index is 1.40. The highest BCUT2D eigenvalue weighted by Crippen LogP contribution is 2.30. The first kappa shape index (κ1) is 25.9. The molecule has 2 heterocycles. The van der Waals surface area contributed by atoms with E-state index < -0.39 is 36.4 Å². The van der Waals surface area contributed by atoms with E-state index in [9.17, 15) is 24.0 Å². The maximum absolute atomic E-state index is 13.1. The molecule has 0 aliphatic carbocycles. The first-order valence-corrected chi connectivity index (χ1v) is 11.9. The second kappa shape index (κ2) is 10.4. The molecule has 4 rings (SSSR count). The molecule has 3 N–H and O–H groups in total. The van der Waals surface area contributed by atoms with Gasteiger partial charge in [-0.2, -0.15) is 0 Å². The molecule has 0 aromatic heterocycles. The first-order chi connectivity index (χ1) is 17.5. The van der Waals surface area contributed by atoms with Crippen molar-refractivity contribution in [2.75, 3.05) is 11.9 Å². The summed E-state index contributed by atoms with van der Waals surface area (Å²) in [5.41, 5.74) is 3.06. The molecule has 5 amide bonds. The van der Waals surface area contributed by atoms with Gasteiger partial charge in [-0.1, -0.05) is 36.4 Å². The average molecular weight is 525 g/mol. The van der Waals surface area contributed by atoms with Crippen LogP contribution in [0.2, 0.25) is 5.02 Å². The van der Waals surface area contributed by atoms with Gasteiger partial charge < -0.3 is 20.6 Å². The molecule has 10 nitrogen and oxygen atoms in total. The minimum absolute atomic E-state index is 0.0138. The Kier molecular flexibility index (Phi) is 7.30. The van der Waals surface area contributed by atoms with Crippen molar-refractivity contribution >= 4 is 47.0 Å². The zero-order valence-electron chi connectivity index (χ0n) is 20.0. The second-order valence-corrected chi connectivity index (χ2v) is 9.38. The average Bonchev–Trinajstić information content (AvgIpc) is 3.18. The molecule has 11 heteroatoms. The number of likely N-dealkylation sites (tertiary alicyclic amines) is 1. The standard InChI is InChI=1S/C26H25ClN4O6/c1-14-3-5-18(10-20(14)27)29-26(37)28-11-16-4-6-19-17(9-16)13-30(23(19)33)21-7-8-22(32)31(24(21)34)12-15(2)25(35)36/h3-6,9-10,21H,2,7-8,11-13H2,1H3,(H,35,36)(H2,28,29,37). The Morgan fingerprint density at radius 3 is 2.62 bits per heavy atom.